The minimum atomic E-state index is -0.192. The van der Waals surface area contributed by atoms with E-state index >= 15 is 0 Å². The van der Waals surface area contributed by atoms with Crippen LogP contribution in [0.2, 0.25) is 5.02 Å². The van der Waals surface area contributed by atoms with Crippen molar-refractivity contribution in [3.63, 3.8) is 0 Å². The lowest BCUT2D eigenvalue weighted by Gasteiger charge is -2.28. The second-order valence-corrected chi connectivity index (χ2v) is 5.61. The van der Waals surface area contributed by atoms with Gasteiger partial charge in [-0.15, -0.1) is 0 Å². The Kier molecular flexibility index (Phi) is 6.27. The molecule has 2 N–H and O–H groups in total. The molecule has 0 aliphatic carbocycles. The Hall–Kier alpha value is -1.29. The summed E-state index contributed by atoms with van der Waals surface area (Å²) in [7, 11) is 0. The lowest BCUT2D eigenvalue weighted by atomic mass is 9.95. The molecule has 0 radical (unpaired) electrons. The Bertz CT molecular complexity index is 458. The number of carbonyl (C=O) groups is 1. The van der Waals surface area contributed by atoms with E-state index in [9.17, 15) is 4.79 Å². The highest BCUT2D eigenvalue weighted by atomic mass is 35.5. The van der Waals surface area contributed by atoms with Gasteiger partial charge in [0.15, 0.2) is 0 Å². The van der Waals surface area contributed by atoms with Crippen LogP contribution in [0, 0.1) is 0 Å². The van der Waals surface area contributed by atoms with E-state index < -0.39 is 0 Å². The predicted molar refractivity (Wildman–Crippen MR) is 84.5 cm³/mol. The number of pyridine rings is 1. The van der Waals surface area contributed by atoms with Crippen LogP contribution in [0.4, 0.5) is 5.82 Å². The Balaban J connectivity index is 2.82. The molecule has 112 valence electrons. The quantitative estimate of drug-likeness (QED) is 0.803. The summed E-state index contributed by atoms with van der Waals surface area (Å²) >= 11 is 6.14. The lowest BCUT2D eigenvalue weighted by Crippen LogP contribution is -2.45. The van der Waals surface area contributed by atoms with Crippen LogP contribution < -0.4 is 10.6 Å². The van der Waals surface area contributed by atoms with Crippen LogP contribution in [0.3, 0.4) is 0 Å². The highest BCUT2D eigenvalue weighted by molar-refractivity contribution is 6.33. The maximum Gasteiger partial charge on any atom is 0.253 e. The summed E-state index contributed by atoms with van der Waals surface area (Å²) in [5.41, 5.74) is 0.299. The highest BCUT2D eigenvalue weighted by Gasteiger charge is 2.23. The standard InChI is InChI=1S/C15H24ClN3O/c1-5-8-17-13-12(16)9-11(10-18-13)14(20)19-15(4,6-2)7-3/h9-10H,5-8H2,1-4H3,(H,17,18)(H,19,20). The van der Waals surface area contributed by atoms with E-state index in [-0.39, 0.29) is 11.4 Å². The van der Waals surface area contributed by atoms with Gasteiger partial charge in [-0.05, 0) is 32.3 Å². The molecule has 0 aromatic carbocycles. The van der Waals surface area contributed by atoms with Crippen molar-refractivity contribution in [1.82, 2.24) is 10.3 Å². The molecule has 0 aliphatic rings. The fraction of sp³-hybridized carbons (Fsp3) is 0.600. The summed E-state index contributed by atoms with van der Waals surface area (Å²) in [5, 5.41) is 6.64. The zero-order chi connectivity index (χ0) is 15.2. The molecule has 1 rings (SSSR count). The number of hydrogen-bond acceptors (Lipinski definition) is 3. The van der Waals surface area contributed by atoms with Crippen LogP contribution in [0.1, 0.15) is 57.3 Å². The van der Waals surface area contributed by atoms with Gasteiger partial charge in [0.05, 0.1) is 10.6 Å². The van der Waals surface area contributed by atoms with Crippen molar-refractivity contribution in [3.8, 4) is 0 Å². The molecule has 1 heterocycles. The van der Waals surface area contributed by atoms with E-state index in [2.05, 4.69) is 36.4 Å². The van der Waals surface area contributed by atoms with Gasteiger partial charge in [0.1, 0.15) is 5.82 Å². The zero-order valence-corrected chi connectivity index (χ0v) is 13.5. The Labute approximate surface area is 126 Å². The molecule has 1 aromatic heterocycles. The molecule has 0 bridgehead atoms. The molecule has 20 heavy (non-hydrogen) atoms. The molecule has 0 saturated heterocycles. The third-order valence-corrected chi connectivity index (χ3v) is 3.91. The third kappa shape index (κ3) is 4.37. The van der Waals surface area contributed by atoms with Crippen molar-refractivity contribution in [2.75, 3.05) is 11.9 Å². The predicted octanol–water partition coefficient (Wildman–Crippen LogP) is 3.87. The summed E-state index contributed by atoms with van der Waals surface area (Å²) in [5.74, 6) is 0.492. The van der Waals surface area contributed by atoms with Gasteiger partial charge in [0.25, 0.3) is 5.91 Å². The number of amides is 1. The van der Waals surface area contributed by atoms with Crippen molar-refractivity contribution < 1.29 is 4.79 Å². The van der Waals surface area contributed by atoms with Crippen molar-refractivity contribution in [2.45, 2.75) is 52.5 Å². The van der Waals surface area contributed by atoms with E-state index in [0.29, 0.717) is 16.4 Å². The van der Waals surface area contributed by atoms with Crippen molar-refractivity contribution >= 4 is 23.3 Å². The van der Waals surface area contributed by atoms with Crippen LogP contribution >= 0.6 is 11.6 Å². The average Bonchev–Trinajstić information content (AvgIpc) is 2.45. The summed E-state index contributed by atoms with van der Waals surface area (Å²) in [6.45, 7) is 9.04. The molecule has 1 amide bonds. The van der Waals surface area contributed by atoms with Gasteiger partial charge in [-0.2, -0.15) is 0 Å². The van der Waals surface area contributed by atoms with Gasteiger partial charge >= 0.3 is 0 Å². The normalized spacial score (nSPS) is 11.2. The van der Waals surface area contributed by atoms with Gasteiger partial charge < -0.3 is 10.6 Å². The number of aromatic nitrogens is 1. The first-order valence-electron chi connectivity index (χ1n) is 7.17. The second kappa shape index (κ2) is 7.48. The number of nitrogens with zero attached hydrogens (tertiary/aromatic N) is 1. The molecule has 0 fully saturated rings. The van der Waals surface area contributed by atoms with Gasteiger partial charge in [-0.25, -0.2) is 4.98 Å². The number of anilines is 1. The van der Waals surface area contributed by atoms with Gasteiger partial charge in [-0.3, -0.25) is 4.79 Å². The van der Waals surface area contributed by atoms with E-state index in [1.54, 1.807) is 12.3 Å². The molecular weight excluding hydrogens is 274 g/mol. The first-order valence-corrected chi connectivity index (χ1v) is 7.55. The molecule has 0 atom stereocenters. The monoisotopic (exact) mass is 297 g/mol. The van der Waals surface area contributed by atoms with E-state index in [1.165, 1.54) is 0 Å². The minimum absolute atomic E-state index is 0.132. The first kappa shape index (κ1) is 16.8. The van der Waals surface area contributed by atoms with Crippen molar-refractivity contribution in [2.24, 2.45) is 0 Å². The van der Waals surface area contributed by atoms with Crippen LogP contribution in [-0.2, 0) is 0 Å². The second-order valence-electron chi connectivity index (χ2n) is 5.20. The minimum Gasteiger partial charge on any atom is -0.369 e. The molecule has 1 aromatic rings. The Morgan fingerprint density at radius 3 is 2.50 bits per heavy atom. The summed E-state index contributed by atoms with van der Waals surface area (Å²) in [6, 6.07) is 1.66. The molecule has 5 heteroatoms. The molecule has 0 aliphatic heterocycles. The average molecular weight is 298 g/mol. The molecular formula is C15H24ClN3O. The smallest absolute Gasteiger partial charge is 0.253 e. The summed E-state index contributed by atoms with van der Waals surface area (Å²) in [6.07, 6.45) is 4.32. The molecule has 0 unspecified atom stereocenters. The summed E-state index contributed by atoms with van der Waals surface area (Å²) < 4.78 is 0. The van der Waals surface area contributed by atoms with Gasteiger partial charge in [0, 0.05) is 18.3 Å². The molecule has 4 nitrogen and oxygen atoms in total. The summed E-state index contributed by atoms with van der Waals surface area (Å²) in [4.78, 5) is 16.4. The van der Waals surface area contributed by atoms with Crippen LogP contribution in [0.15, 0.2) is 12.3 Å². The maximum absolute atomic E-state index is 12.2. The Morgan fingerprint density at radius 1 is 1.35 bits per heavy atom. The van der Waals surface area contributed by atoms with E-state index in [4.69, 9.17) is 11.6 Å². The number of hydrogen-bond donors (Lipinski definition) is 2. The number of nitrogens with one attached hydrogen (secondary N) is 2. The zero-order valence-electron chi connectivity index (χ0n) is 12.7. The fourth-order valence-electron chi connectivity index (χ4n) is 1.71. The highest BCUT2D eigenvalue weighted by Crippen LogP contribution is 2.21. The van der Waals surface area contributed by atoms with Gasteiger partial charge in [0.2, 0.25) is 0 Å². The number of rotatable bonds is 7. The van der Waals surface area contributed by atoms with Crippen LogP contribution in [0.25, 0.3) is 0 Å². The maximum atomic E-state index is 12.2. The largest absolute Gasteiger partial charge is 0.369 e. The lowest BCUT2D eigenvalue weighted by molar-refractivity contribution is 0.0900. The SMILES string of the molecule is CCCNc1ncc(C(=O)NC(C)(CC)CC)cc1Cl. The Morgan fingerprint density at radius 2 is 2.00 bits per heavy atom. The van der Waals surface area contributed by atoms with E-state index in [0.717, 1.165) is 25.8 Å². The molecule has 0 saturated carbocycles. The van der Waals surface area contributed by atoms with E-state index in [1.807, 2.05) is 6.92 Å². The molecule has 0 spiro atoms. The number of carbonyl (C=O) groups excluding carboxylic acids is 1. The van der Waals surface area contributed by atoms with Crippen molar-refractivity contribution in [1.29, 1.82) is 0 Å². The first-order chi connectivity index (χ1) is 9.45. The van der Waals surface area contributed by atoms with Crippen molar-refractivity contribution in [3.05, 3.63) is 22.8 Å². The third-order valence-electron chi connectivity index (χ3n) is 3.62. The topological polar surface area (TPSA) is 54.0 Å². The number of halogens is 1. The van der Waals surface area contributed by atoms with Crippen LogP contribution in [-0.4, -0.2) is 23.0 Å². The fourth-order valence-corrected chi connectivity index (χ4v) is 1.94. The van der Waals surface area contributed by atoms with Gasteiger partial charge in [-0.1, -0.05) is 32.4 Å². The van der Waals surface area contributed by atoms with Crippen LogP contribution in [0.5, 0.6) is 0 Å².